The summed E-state index contributed by atoms with van der Waals surface area (Å²) in [4.78, 5) is 23.4. The van der Waals surface area contributed by atoms with Crippen LogP contribution in [-0.2, 0) is 30.9 Å². The van der Waals surface area contributed by atoms with Gasteiger partial charge in [0.15, 0.2) is 0 Å². The summed E-state index contributed by atoms with van der Waals surface area (Å²) in [6.07, 6.45) is 7.04. The number of hydrogen-bond donors (Lipinski definition) is 1. The standard InChI is InChI=1S/C15H18O4.C8H16O/c1-9-6-12(17)7-11(8-13(18)19-3)14(9)15(4-5-15)10(2)16;1-2-3-8-4-6-9-7-5-8/h6-7,17H,4-5,8H2,1-3H3;8H,2-7H2,1H3. The van der Waals surface area contributed by atoms with E-state index in [1.165, 1.54) is 32.8 Å². The number of aryl methyl sites for hydroxylation is 1. The lowest BCUT2D eigenvalue weighted by Crippen LogP contribution is -2.21. The fraction of sp³-hybridized carbons (Fsp3) is 0.652. The number of esters is 1. The molecule has 3 rings (SSSR count). The van der Waals surface area contributed by atoms with E-state index >= 15 is 0 Å². The lowest BCUT2D eigenvalue weighted by atomic mass is 9.84. The van der Waals surface area contributed by atoms with Crippen molar-refractivity contribution in [2.24, 2.45) is 5.92 Å². The van der Waals surface area contributed by atoms with E-state index in [1.807, 2.05) is 6.92 Å². The van der Waals surface area contributed by atoms with E-state index < -0.39 is 5.41 Å². The number of hydrogen-bond acceptors (Lipinski definition) is 5. The molecule has 0 atom stereocenters. The number of carbonyl (C=O) groups excluding carboxylic acids is 2. The van der Waals surface area contributed by atoms with Gasteiger partial charge in [-0.05, 0) is 74.3 Å². The van der Waals surface area contributed by atoms with Crippen LogP contribution in [0.2, 0.25) is 0 Å². The molecule has 1 N–H and O–H groups in total. The Morgan fingerprint density at radius 1 is 1.25 bits per heavy atom. The number of carbonyl (C=O) groups is 2. The highest BCUT2D eigenvalue weighted by atomic mass is 16.5. The second-order valence-corrected chi connectivity index (χ2v) is 8.03. The van der Waals surface area contributed by atoms with Crippen LogP contribution >= 0.6 is 0 Å². The van der Waals surface area contributed by atoms with Gasteiger partial charge in [0.05, 0.1) is 18.9 Å². The molecule has 1 saturated carbocycles. The molecule has 2 aliphatic rings. The topological polar surface area (TPSA) is 72.8 Å². The average Bonchev–Trinajstić information content (AvgIpc) is 3.44. The molecule has 2 fully saturated rings. The van der Waals surface area contributed by atoms with Crippen LogP contribution in [0.1, 0.15) is 69.1 Å². The number of rotatable bonds is 6. The number of ketones is 1. The van der Waals surface area contributed by atoms with Crippen LogP contribution in [0.15, 0.2) is 12.1 Å². The lowest BCUT2D eigenvalue weighted by Gasteiger charge is -2.20. The van der Waals surface area contributed by atoms with Crippen molar-refractivity contribution in [2.45, 2.75) is 71.1 Å². The smallest absolute Gasteiger partial charge is 0.309 e. The van der Waals surface area contributed by atoms with E-state index in [0.717, 1.165) is 43.1 Å². The molecular weight excluding hydrogens is 356 g/mol. The van der Waals surface area contributed by atoms with Crippen molar-refractivity contribution in [1.82, 2.24) is 0 Å². The van der Waals surface area contributed by atoms with Crippen LogP contribution in [0.25, 0.3) is 0 Å². The summed E-state index contributed by atoms with van der Waals surface area (Å²) in [5.41, 5.74) is 1.98. The first-order chi connectivity index (χ1) is 13.3. The van der Waals surface area contributed by atoms with Gasteiger partial charge in [0, 0.05) is 13.2 Å². The summed E-state index contributed by atoms with van der Waals surface area (Å²) < 4.78 is 9.92. The number of phenolic OH excluding ortho intramolecular Hbond substituents is 1. The molecule has 5 nitrogen and oxygen atoms in total. The molecule has 1 saturated heterocycles. The van der Waals surface area contributed by atoms with E-state index in [4.69, 9.17) is 4.74 Å². The van der Waals surface area contributed by atoms with Crippen molar-refractivity contribution >= 4 is 11.8 Å². The Bertz CT molecular complexity index is 682. The van der Waals surface area contributed by atoms with Crippen LogP contribution in [0.5, 0.6) is 5.75 Å². The maximum atomic E-state index is 11.9. The highest BCUT2D eigenvalue weighted by Crippen LogP contribution is 2.51. The van der Waals surface area contributed by atoms with E-state index in [1.54, 1.807) is 19.1 Å². The van der Waals surface area contributed by atoms with Crippen LogP contribution in [-0.4, -0.2) is 37.2 Å². The minimum Gasteiger partial charge on any atom is -0.508 e. The number of Topliss-reactive ketones (excluding diaryl/α,β-unsaturated/α-hetero) is 1. The van der Waals surface area contributed by atoms with E-state index in [0.29, 0.717) is 5.56 Å². The summed E-state index contributed by atoms with van der Waals surface area (Å²) in [6.45, 7) is 7.71. The summed E-state index contributed by atoms with van der Waals surface area (Å²) in [5.74, 6) is 0.835. The van der Waals surface area contributed by atoms with Gasteiger partial charge >= 0.3 is 5.97 Å². The largest absolute Gasteiger partial charge is 0.508 e. The lowest BCUT2D eigenvalue weighted by molar-refractivity contribution is -0.139. The van der Waals surface area contributed by atoms with Crippen LogP contribution in [0.4, 0.5) is 0 Å². The fourth-order valence-electron chi connectivity index (χ4n) is 4.24. The summed E-state index contributed by atoms with van der Waals surface area (Å²) in [7, 11) is 1.33. The zero-order valence-electron chi connectivity index (χ0n) is 17.7. The second-order valence-electron chi connectivity index (χ2n) is 8.03. The fourth-order valence-corrected chi connectivity index (χ4v) is 4.24. The third-order valence-electron chi connectivity index (χ3n) is 5.90. The molecule has 0 amide bonds. The summed E-state index contributed by atoms with van der Waals surface area (Å²) >= 11 is 0. The quantitative estimate of drug-likeness (QED) is 0.735. The van der Waals surface area contributed by atoms with Crippen molar-refractivity contribution in [3.8, 4) is 5.75 Å². The first-order valence-electron chi connectivity index (χ1n) is 10.3. The highest BCUT2D eigenvalue weighted by Gasteiger charge is 2.50. The minimum atomic E-state index is -0.457. The van der Waals surface area contributed by atoms with Gasteiger partial charge in [-0.2, -0.15) is 0 Å². The Hall–Kier alpha value is -1.88. The normalized spacial score (nSPS) is 18.0. The number of ether oxygens (including phenoxy) is 2. The predicted octanol–water partition coefficient (Wildman–Crippen LogP) is 4.25. The van der Waals surface area contributed by atoms with Crippen LogP contribution < -0.4 is 0 Å². The highest BCUT2D eigenvalue weighted by molar-refractivity contribution is 5.92. The van der Waals surface area contributed by atoms with Gasteiger partial charge < -0.3 is 14.6 Å². The molecule has 0 aromatic heterocycles. The van der Waals surface area contributed by atoms with Crippen molar-refractivity contribution < 1.29 is 24.2 Å². The third-order valence-corrected chi connectivity index (χ3v) is 5.90. The number of phenols is 1. The van der Waals surface area contributed by atoms with Crippen LogP contribution in [0.3, 0.4) is 0 Å². The second kappa shape index (κ2) is 10.1. The van der Waals surface area contributed by atoms with Gasteiger partial charge in [-0.1, -0.05) is 19.8 Å². The minimum absolute atomic E-state index is 0.0795. The van der Waals surface area contributed by atoms with Gasteiger partial charge in [-0.3, -0.25) is 9.59 Å². The summed E-state index contributed by atoms with van der Waals surface area (Å²) in [5, 5.41) is 9.69. The number of aromatic hydroxyl groups is 1. The van der Waals surface area contributed by atoms with Crippen molar-refractivity contribution in [2.75, 3.05) is 20.3 Å². The molecule has 1 aliphatic heterocycles. The van der Waals surface area contributed by atoms with Crippen molar-refractivity contribution in [1.29, 1.82) is 0 Å². The number of methoxy groups -OCH3 is 1. The molecule has 0 unspecified atom stereocenters. The van der Waals surface area contributed by atoms with Gasteiger partial charge in [0.1, 0.15) is 11.5 Å². The van der Waals surface area contributed by atoms with Gasteiger partial charge in [-0.25, -0.2) is 0 Å². The van der Waals surface area contributed by atoms with E-state index in [9.17, 15) is 14.7 Å². The molecule has 156 valence electrons. The first kappa shape index (κ1) is 22.4. The Morgan fingerprint density at radius 3 is 2.39 bits per heavy atom. The predicted molar refractivity (Wildman–Crippen MR) is 109 cm³/mol. The molecular formula is C23H34O5. The van der Waals surface area contributed by atoms with E-state index in [2.05, 4.69) is 11.7 Å². The molecule has 5 heteroatoms. The Labute approximate surface area is 168 Å². The Morgan fingerprint density at radius 2 is 1.89 bits per heavy atom. The zero-order chi connectivity index (χ0) is 20.7. The van der Waals surface area contributed by atoms with Gasteiger partial charge in [-0.15, -0.1) is 0 Å². The molecule has 28 heavy (non-hydrogen) atoms. The third kappa shape index (κ3) is 5.57. The maximum absolute atomic E-state index is 11.9. The number of benzene rings is 1. The molecule has 0 spiro atoms. The average molecular weight is 391 g/mol. The molecule has 1 aliphatic carbocycles. The monoisotopic (exact) mass is 390 g/mol. The molecule has 1 aromatic rings. The zero-order valence-corrected chi connectivity index (χ0v) is 17.7. The molecule has 1 aromatic carbocycles. The Balaban J connectivity index is 0.000000261. The maximum Gasteiger partial charge on any atom is 0.309 e. The van der Waals surface area contributed by atoms with E-state index in [-0.39, 0.29) is 23.9 Å². The molecule has 1 heterocycles. The van der Waals surface area contributed by atoms with Crippen LogP contribution in [0, 0.1) is 12.8 Å². The Kier molecular flexibility index (Phi) is 8.05. The SMILES string of the molecule is CCCC1CCOCC1.COC(=O)Cc1cc(O)cc(C)c1C1(C(C)=O)CC1. The van der Waals surface area contributed by atoms with Gasteiger partial charge in [0.25, 0.3) is 0 Å². The summed E-state index contributed by atoms with van der Waals surface area (Å²) in [6, 6.07) is 3.20. The molecule has 0 bridgehead atoms. The first-order valence-corrected chi connectivity index (χ1v) is 10.3. The van der Waals surface area contributed by atoms with Crippen molar-refractivity contribution in [3.63, 3.8) is 0 Å². The van der Waals surface area contributed by atoms with Crippen molar-refractivity contribution in [3.05, 3.63) is 28.8 Å². The molecule has 0 radical (unpaired) electrons. The van der Waals surface area contributed by atoms with Gasteiger partial charge in [0.2, 0.25) is 0 Å².